The van der Waals surface area contributed by atoms with Gasteiger partial charge >= 0.3 is 0 Å². The molecule has 80 valence electrons. The molecule has 2 heteroatoms. The maximum atomic E-state index is 6.07. The van der Waals surface area contributed by atoms with Crippen LogP contribution in [0.25, 0.3) is 6.08 Å². The van der Waals surface area contributed by atoms with Crippen LogP contribution in [0.5, 0.6) is 0 Å². The van der Waals surface area contributed by atoms with E-state index in [1.165, 1.54) is 19.3 Å². The first-order valence-corrected chi connectivity index (χ1v) is 5.90. The summed E-state index contributed by atoms with van der Waals surface area (Å²) < 4.78 is 0. The van der Waals surface area contributed by atoms with Crippen molar-refractivity contribution in [2.24, 2.45) is 0 Å². The largest absolute Gasteiger partial charge is 0.311 e. The van der Waals surface area contributed by atoms with Crippen molar-refractivity contribution in [3.8, 4) is 0 Å². The van der Waals surface area contributed by atoms with E-state index in [4.69, 9.17) is 11.6 Å². The minimum absolute atomic E-state index is 0.523. The van der Waals surface area contributed by atoms with E-state index in [2.05, 4.69) is 17.5 Å². The van der Waals surface area contributed by atoms with Crippen LogP contribution in [0.15, 0.2) is 30.3 Å². The highest BCUT2D eigenvalue weighted by Gasteiger charge is 2.08. The normalized spacial score (nSPS) is 22.1. The Bertz CT molecular complexity index is 340. The third kappa shape index (κ3) is 3.08. The Balaban J connectivity index is 2.01. The Labute approximate surface area is 96.1 Å². The smallest absolute Gasteiger partial charge is 0.0478 e. The molecule has 0 radical (unpaired) electrons. The average Bonchev–Trinajstić information content (AvgIpc) is 2.29. The lowest BCUT2D eigenvalue weighted by Gasteiger charge is -2.20. The molecule has 1 aliphatic rings. The Hall–Kier alpha value is -0.790. The third-order valence-corrected chi connectivity index (χ3v) is 3.11. The van der Waals surface area contributed by atoms with Gasteiger partial charge in [0.2, 0.25) is 0 Å². The van der Waals surface area contributed by atoms with Crippen LogP contribution < -0.4 is 5.32 Å². The molecule has 0 spiro atoms. The van der Waals surface area contributed by atoms with Crippen LogP contribution >= 0.6 is 11.6 Å². The van der Waals surface area contributed by atoms with Crippen molar-refractivity contribution in [3.63, 3.8) is 0 Å². The van der Waals surface area contributed by atoms with Crippen molar-refractivity contribution in [2.75, 3.05) is 6.54 Å². The Morgan fingerprint density at radius 1 is 1.27 bits per heavy atom. The van der Waals surface area contributed by atoms with E-state index in [-0.39, 0.29) is 0 Å². The van der Waals surface area contributed by atoms with Gasteiger partial charge in [-0.1, -0.05) is 48.4 Å². The molecule has 0 aliphatic carbocycles. The highest BCUT2D eigenvalue weighted by molar-refractivity contribution is 6.32. The van der Waals surface area contributed by atoms with Gasteiger partial charge < -0.3 is 5.32 Å². The summed E-state index contributed by atoms with van der Waals surface area (Å²) in [5.74, 6) is 0. The molecule has 1 unspecified atom stereocenters. The van der Waals surface area contributed by atoms with E-state index in [1.54, 1.807) is 0 Å². The lowest BCUT2D eigenvalue weighted by Crippen LogP contribution is -2.31. The number of nitrogens with one attached hydrogen (secondary N) is 1. The summed E-state index contributed by atoms with van der Waals surface area (Å²) in [6.45, 7) is 1.14. The number of hydrogen-bond acceptors (Lipinski definition) is 1. The third-order valence-electron chi connectivity index (χ3n) is 2.76. The van der Waals surface area contributed by atoms with Gasteiger partial charge in [-0.2, -0.15) is 0 Å². The first-order valence-electron chi connectivity index (χ1n) is 5.52. The maximum absolute atomic E-state index is 6.07. The van der Waals surface area contributed by atoms with Crippen molar-refractivity contribution in [2.45, 2.75) is 25.3 Å². The van der Waals surface area contributed by atoms with Crippen LogP contribution in [0.2, 0.25) is 5.02 Å². The van der Waals surface area contributed by atoms with Gasteiger partial charge in [-0.05, 0) is 31.0 Å². The van der Waals surface area contributed by atoms with Gasteiger partial charge in [0.25, 0.3) is 0 Å². The van der Waals surface area contributed by atoms with Crippen molar-refractivity contribution in [1.29, 1.82) is 0 Å². The number of halogens is 1. The zero-order valence-corrected chi connectivity index (χ0v) is 9.50. The molecule has 0 amide bonds. The molecule has 1 aliphatic heterocycles. The zero-order chi connectivity index (χ0) is 10.5. The predicted molar refractivity (Wildman–Crippen MR) is 66.1 cm³/mol. The highest BCUT2D eigenvalue weighted by Crippen LogP contribution is 2.17. The number of rotatable bonds is 2. The van der Waals surface area contributed by atoms with E-state index >= 15 is 0 Å². The molecular weight excluding hydrogens is 206 g/mol. The molecule has 1 N–H and O–H groups in total. The Morgan fingerprint density at radius 2 is 2.13 bits per heavy atom. The van der Waals surface area contributed by atoms with Gasteiger partial charge in [-0.25, -0.2) is 0 Å². The molecule has 15 heavy (non-hydrogen) atoms. The van der Waals surface area contributed by atoms with E-state index < -0.39 is 0 Å². The van der Waals surface area contributed by atoms with Crippen molar-refractivity contribution in [3.05, 3.63) is 40.9 Å². The molecule has 1 fully saturated rings. The van der Waals surface area contributed by atoms with Gasteiger partial charge in [0, 0.05) is 11.1 Å². The molecule has 1 atom stereocenters. The minimum Gasteiger partial charge on any atom is -0.311 e. The fourth-order valence-corrected chi connectivity index (χ4v) is 2.07. The van der Waals surface area contributed by atoms with Gasteiger partial charge in [0.1, 0.15) is 0 Å². The lowest BCUT2D eigenvalue weighted by molar-refractivity contribution is 0.455. The second-order valence-electron chi connectivity index (χ2n) is 3.94. The molecule has 1 nitrogen and oxygen atoms in total. The van der Waals surface area contributed by atoms with Gasteiger partial charge in [0.05, 0.1) is 0 Å². The summed E-state index contributed by atoms with van der Waals surface area (Å²) in [6.07, 6.45) is 8.20. The standard InChI is InChI=1S/C13H16ClN/c14-13-7-2-1-5-11(13)8-9-12-6-3-4-10-15-12/h1-2,5,7-9,12,15H,3-4,6,10H2/b9-8+. The first kappa shape index (κ1) is 10.7. The molecular formula is C13H16ClN. The SMILES string of the molecule is Clc1ccccc1/C=C/C1CCCCN1. The Kier molecular flexibility index (Phi) is 3.81. The summed E-state index contributed by atoms with van der Waals surface area (Å²) in [6, 6.07) is 8.46. The fraction of sp³-hybridized carbons (Fsp3) is 0.385. The molecule has 1 aromatic carbocycles. The lowest BCUT2D eigenvalue weighted by atomic mass is 10.0. The van der Waals surface area contributed by atoms with E-state index in [0.717, 1.165) is 17.1 Å². The summed E-state index contributed by atoms with van der Waals surface area (Å²) >= 11 is 6.07. The van der Waals surface area contributed by atoms with Crippen LogP contribution in [0, 0.1) is 0 Å². The van der Waals surface area contributed by atoms with Gasteiger partial charge in [-0.3, -0.25) is 0 Å². The van der Waals surface area contributed by atoms with Gasteiger partial charge in [-0.15, -0.1) is 0 Å². The quantitative estimate of drug-likeness (QED) is 0.806. The molecule has 0 bridgehead atoms. The van der Waals surface area contributed by atoms with E-state index in [0.29, 0.717) is 6.04 Å². The van der Waals surface area contributed by atoms with E-state index in [9.17, 15) is 0 Å². The summed E-state index contributed by atoms with van der Waals surface area (Å²) in [4.78, 5) is 0. The van der Waals surface area contributed by atoms with Crippen LogP contribution in [-0.4, -0.2) is 12.6 Å². The molecule has 2 rings (SSSR count). The topological polar surface area (TPSA) is 12.0 Å². The second kappa shape index (κ2) is 5.34. The molecule has 0 aromatic heterocycles. The molecule has 1 saturated heterocycles. The molecule has 1 heterocycles. The zero-order valence-electron chi connectivity index (χ0n) is 8.75. The van der Waals surface area contributed by atoms with E-state index in [1.807, 2.05) is 24.3 Å². The van der Waals surface area contributed by atoms with Crippen molar-refractivity contribution in [1.82, 2.24) is 5.32 Å². The highest BCUT2D eigenvalue weighted by atomic mass is 35.5. The molecule has 1 aromatic rings. The van der Waals surface area contributed by atoms with Crippen LogP contribution in [-0.2, 0) is 0 Å². The van der Waals surface area contributed by atoms with Crippen LogP contribution in [0.3, 0.4) is 0 Å². The minimum atomic E-state index is 0.523. The number of benzene rings is 1. The number of piperidine rings is 1. The Morgan fingerprint density at radius 3 is 2.87 bits per heavy atom. The van der Waals surface area contributed by atoms with Crippen LogP contribution in [0.1, 0.15) is 24.8 Å². The van der Waals surface area contributed by atoms with Crippen molar-refractivity contribution >= 4 is 17.7 Å². The predicted octanol–water partition coefficient (Wildman–Crippen LogP) is 3.50. The fourth-order valence-electron chi connectivity index (χ4n) is 1.87. The van der Waals surface area contributed by atoms with Gasteiger partial charge in [0.15, 0.2) is 0 Å². The monoisotopic (exact) mass is 221 g/mol. The van der Waals surface area contributed by atoms with Crippen LogP contribution in [0.4, 0.5) is 0 Å². The average molecular weight is 222 g/mol. The number of hydrogen-bond donors (Lipinski definition) is 1. The first-order chi connectivity index (χ1) is 7.36. The molecule has 0 saturated carbocycles. The second-order valence-corrected chi connectivity index (χ2v) is 4.34. The van der Waals surface area contributed by atoms with Crippen molar-refractivity contribution < 1.29 is 0 Å². The maximum Gasteiger partial charge on any atom is 0.0478 e. The summed E-state index contributed by atoms with van der Waals surface area (Å²) in [7, 11) is 0. The summed E-state index contributed by atoms with van der Waals surface area (Å²) in [5.41, 5.74) is 1.10. The summed E-state index contributed by atoms with van der Waals surface area (Å²) in [5, 5.41) is 4.30.